The third-order valence-corrected chi connectivity index (χ3v) is 6.32. The van der Waals surface area contributed by atoms with Gasteiger partial charge in [-0.05, 0) is 36.4 Å². The maximum atomic E-state index is 12.5. The summed E-state index contributed by atoms with van der Waals surface area (Å²) >= 11 is 0. The van der Waals surface area contributed by atoms with E-state index in [1.807, 2.05) is 24.4 Å². The van der Waals surface area contributed by atoms with E-state index in [-0.39, 0.29) is 17.3 Å². The van der Waals surface area contributed by atoms with Crippen LogP contribution in [0.5, 0.6) is 0 Å². The molecule has 0 aliphatic heterocycles. The smallest absolute Gasteiger partial charge is 0.251 e. The quantitative estimate of drug-likeness (QED) is 0.665. The molecule has 3 aromatic rings. The van der Waals surface area contributed by atoms with Gasteiger partial charge in [0.2, 0.25) is 10.0 Å². The Kier molecular flexibility index (Phi) is 5.52. The number of nitrogens with zero attached hydrogens (tertiary/aromatic N) is 4. The molecule has 0 saturated carbocycles. The number of sulfonamides is 1. The largest absolute Gasteiger partial charge is 0.345 e. The van der Waals surface area contributed by atoms with Crippen LogP contribution in [0.1, 0.15) is 30.0 Å². The van der Waals surface area contributed by atoms with Gasteiger partial charge in [-0.25, -0.2) is 8.42 Å². The van der Waals surface area contributed by atoms with E-state index < -0.39 is 10.0 Å². The summed E-state index contributed by atoms with van der Waals surface area (Å²) in [6, 6.07) is 11.5. The maximum Gasteiger partial charge on any atom is 0.251 e. The molecule has 142 valence electrons. The molecule has 27 heavy (non-hydrogen) atoms. The summed E-state index contributed by atoms with van der Waals surface area (Å²) in [7, 11) is -3.54. The van der Waals surface area contributed by atoms with Gasteiger partial charge >= 0.3 is 0 Å². The summed E-state index contributed by atoms with van der Waals surface area (Å²) in [4.78, 5) is 12.5. The van der Waals surface area contributed by atoms with Gasteiger partial charge in [0, 0.05) is 24.8 Å². The molecule has 1 N–H and O–H groups in total. The molecular formula is C18H21N5O3S. The lowest BCUT2D eigenvalue weighted by Crippen LogP contribution is -2.30. The van der Waals surface area contributed by atoms with Crippen LogP contribution in [0.15, 0.2) is 53.6 Å². The number of carbonyl (C=O) groups excluding carboxylic acids is 1. The summed E-state index contributed by atoms with van der Waals surface area (Å²) in [6.45, 7) is 4.58. The highest BCUT2D eigenvalue weighted by atomic mass is 32.2. The molecule has 2 heterocycles. The predicted molar refractivity (Wildman–Crippen MR) is 101 cm³/mol. The van der Waals surface area contributed by atoms with Gasteiger partial charge in [0.05, 0.1) is 11.4 Å². The van der Waals surface area contributed by atoms with Crippen molar-refractivity contribution in [3.05, 3.63) is 60.0 Å². The van der Waals surface area contributed by atoms with Gasteiger partial charge in [0.15, 0.2) is 11.5 Å². The lowest BCUT2D eigenvalue weighted by atomic mass is 10.2. The Balaban J connectivity index is 1.71. The first-order chi connectivity index (χ1) is 13.0. The van der Waals surface area contributed by atoms with E-state index in [4.69, 9.17) is 0 Å². The normalized spacial score (nSPS) is 11.8. The number of pyridine rings is 1. The van der Waals surface area contributed by atoms with Crippen molar-refractivity contribution < 1.29 is 13.2 Å². The van der Waals surface area contributed by atoms with E-state index in [9.17, 15) is 13.2 Å². The molecule has 0 bridgehead atoms. The first-order valence-electron chi connectivity index (χ1n) is 8.64. The fourth-order valence-corrected chi connectivity index (χ4v) is 4.22. The lowest BCUT2D eigenvalue weighted by Gasteiger charge is -2.18. The second-order valence-corrected chi connectivity index (χ2v) is 7.78. The van der Waals surface area contributed by atoms with Crippen LogP contribution in [0.25, 0.3) is 5.65 Å². The number of aromatic nitrogens is 3. The number of benzene rings is 1. The second kappa shape index (κ2) is 7.85. The van der Waals surface area contributed by atoms with Crippen LogP contribution >= 0.6 is 0 Å². The van der Waals surface area contributed by atoms with Crippen molar-refractivity contribution >= 4 is 21.6 Å². The van der Waals surface area contributed by atoms with Crippen LogP contribution in [0, 0.1) is 0 Å². The average molecular weight is 387 g/mol. The highest BCUT2D eigenvalue weighted by Crippen LogP contribution is 2.16. The molecule has 1 aromatic carbocycles. The van der Waals surface area contributed by atoms with Crippen LogP contribution in [-0.2, 0) is 16.6 Å². The average Bonchev–Trinajstić information content (AvgIpc) is 3.10. The summed E-state index contributed by atoms with van der Waals surface area (Å²) < 4.78 is 28.1. The van der Waals surface area contributed by atoms with Crippen LogP contribution in [-0.4, -0.2) is 46.3 Å². The summed E-state index contributed by atoms with van der Waals surface area (Å²) in [5.41, 5.74) is 1.08. The molecule has 0 saturated heterocycles. The predicted octanol–water partition coefficient (Wildman–Crippen LogP) is 1.69. The highest BCUT2D eigenvalue weighted by Gasteiger charge is 2.21. The monoisotopic (exact) mass is 387 g/mol. The molecule has 0 aliphatic rings. The van der Waals surface area contributed by atoms with Crippen molar-refractivity contribution in [2.45, 2.75) is 25.3 Å². The molecule has 3 rings (SSSR count). The topological polar surface area (TPSA) is 96.7 Å². The number of nitrogens with one attached hydrogen (secondary N) is 1. The lowest BCUT2D eigenvalue weighted by molar-refractivity contribution is 0.0949. The molecule has 0 spiro atoms. The zero-order valence-corrected chi connectivity index (χ0v) is 16.0. The van der Waals surface area contributed by atoms with Crippen LogP contribution in [0.4, 0.5) is 0 Å². The first kappa shape index (κ1) is 19.0. The third kappa shape index (κ3) is 3.83. The summed E-state index contributed by atoms with van der Waals surface area (Å²) in [5.74, 6) is 0.300. The van der Waals surface area contributed by atoms with Gasteiger partial charge in [0.25, 0.3) is 5.91 Å². The van der Waals surface area contributed by atoms with E-state index in [1.165, 1.54) is 28.6 Å². The summed E-state index contributed by atoms with van der Waals surface area (Å²) in [5, 5.41) is 10.9. The molecule has 0 fully saturated rings. The van der Waals surface area contributed by atoms with Gasteiger partial charge in [-0.1, -0.05) is 19.9 Å². The fraction of sp³-hybridized carbons (Fsp3) is 0.278. The molecule has 0 unspecified atom stereocenters. The molecule has 0 radical (unpaired) electrons. The van der Waals surface area contributed by atoms with Gasteiger partial charge in [-0.15, -0.1) is 10.2 Å². The second-order valence-electron chi connectivity index (χ2n) is 5.84. The van der Waals surface area contributed by atoms with E-state index in [0.29, 0.717) is 30.1 Å². The minimum atomic E-state index is -3.54. The van der Waals surface area contributed by atoms with E-state index in [2.05, 4.69) is 15.5 Å². The Morgan fingerprint density at radius 2 is 1.78 bits per heavy atom. The molecule has 9 heteroatoms. The molecule has 2 aromatic heterocycles. The number of amides is 1. The van der Waals surface area contributed by atoms with Crippen molar-refractivity contribution in [3.8, 4) is 0 Å². The van der Waals surface area contributed by atoms with Crippen molar-refractivity contribution in [2.24, 2.45) is 0 Å². The SMILES string of the molecule is CCN(CC)S(=O)(=O)c1ccc(C(=O)NCc2nnc3ccccn23)cc1. The van der Waals surface area contributed by atoms with E-state index in [0.717, 1.165) is 0 Å². The van der Waals surface area contributed by atoms with Crippen LogP contribution < -0.4 is 5.32 Å². The minimum Gasteiger partial charge on any atom is -0.345 e. The van der Waals surface area contributed by atoms with E-state index >= 15 is 0 Å². The number of rotatable bonds is 7. The van der Waals surface area contributed by atoms with Crippen LogP contribution in [0.3, 0.4) is 0 Å². The Morgan fingerprint density at radius 3 is 2.44 bits per heavy atom. The molecule has 0 aliphatic carbocycles. The van der Waals surface area contributed by atoms with Crippen LogP contribution in [0.2, 0.25) is 0 Å². The minimum absolute atomic E-state index is 0.172. The summed E-state index contributed by atoms with van der Waals surface area (Å²) in [6.07, 6.45) is 1.82. The zero-order chi connectivity index (χ0) is 19.4. The Labute approximate surface area is 157 Å². The highest BCUT2D eigenvalue weighted by molar-refractivity contribution is 7.89. The molecular weight excluding hydrogens is 366 g/mol. The number of hydrogen-bond acceptors (Lipinski definition) is 5. The van der Waals surface area contributed by atoms with Gasteiger partial charge in [-0.2, -0.15) is 4.31 Å². The number of hydrogen-bond donors (Lipinski definition) is 1. The Hall–Kier alpha value is -2.78. The first-order valence-corrected chi connectivity index (χ1v) is 10.1. The fourth-order valence-electron chi connectivity index (χ4n) is 2.76. The molecule has 0 atom stereocenters. The molecule has 8 nitrogen and oxygen atoms in total. The Bertz CT molecular complexity index is 1040. The van der Waals surface area contributed by atoms with Gasteiger partial charge in [-0.3, -0.25) is 9.20 Å². The molecule has 1 amide bonds. The maximum absolute atomic E-state index is 12.5. The van der Waals surface area contributed by atoms with Crippen molar-refractivity contribution in [1.29, 1.82) is 0 Å². The van der Waals surface area contributed by atoms with E-state index in [1.54, 1.807) is 18.2 Å². The van der Waals surface area contributed by atoms with Crippen molar-refractivity contribution in [2.75, 3.05) is 13.1 Å². The van der Waals surface area contributed by atoms with Gasteiger partial charge in [0.1, 0.15) is 0 Å². The van der Waals surface area contributed by atoms with Crippen molar-refractivity contribution in [1.82, 2.24) is 24.2 Å². The zero-order valence-electron chi connectivity index (χ0n) is 15.2. The Morgan fingerprint density at radius 1 is 1.07 bits per heavy atom. The number of carbonyl (C=O) groups is 1. The number of fused-ring (bicyclic) bond motifs is 1. The third-order valence-electron chi connectivity index (χ3n) is 4.25. The van der Waals surface area contributed by atoms with Gasteiger partial charge < -0.3 is 5.32 Å². The van der Waals surface area contributed by atoms with Crippen molar-refractivity contribution in [3.63, 3.8) is 0 Å². The standard InChI is InChI=1S/C18H21N5O3S/c1-3-22(4-2)27(25,26)15-10-8-14(9-11-15)18(24)19-13-17-21-20-16-7-5-6-12-23(16)17/h5-12H,3-4,13H2,1-2H3,(H,19,24).